The molecule has 1 atom stereocenters. The van der Waals surface area contributed by atoms with Crippen molar-refractivity contribution in [3.05, 3.63) is 35.4 Å². The Morgan fingerprint density at radius 1 is 1.04 bits per heavy atom. The molecule has 0 radical (unpaired) electrons. The molecule has 1 aromatic carbocycles. The van der Waals surface area contributed by atoms with Crippen LogP contribution in [0.2, 0.25) is 0 Å². The number of unbranched alkanes of at least 4 members (excludes halogenated alkanes) is 1. The summed E-state index contributed by atoms with van der Waals surface area (Å²) in [6.07, 6.45) is 12.4. The van der Waals surface area contributed by atoms with Gasteiger partial charge in [-0.2, -0.15) is 0 Å². The number of benzene rings is 1. The molecule has 1 N–H and O–H groups in total. The average molecular weight is 379 g/mol. The van der Waals surface area contributed by atoms with Gasteiger partial charge >= 0.3 is 0 Å². The van der Waals surface area contributed by atoms with Crippen LogP contribution in [0.25, 0.3) is 0 Å². The zero-order chi connectivity index (χ0) is 19.4. The maximum absolute atomic E-state index is 14.2. The van der Waals surface area contributed by atoms with E-state index in [-0.39, 0.29) is 5.56 Å². The minimum atomic E-state index is -1.21. The zero-order valence-corrected chi connectivity index (χ0v) is 17.0. The summed E-state index contributed by atoms with van der Waals surface area (Å²) >= 11 is 0. The van der Waals surface area contributed by atoms with Crippen molar-refractivity contribution in [3.63, 3.8) is 0 Å². The van der Waals surface area contributed by atoms with Crippen LogP contribution in [-0.2, 0) is 5.60 Å². The second kappa shape index (κ2) is 9.03. The Kier molecular flexibility index (Phi) is 6.94. The highest BCUT2D eigenvalue weighted by atomic mass is 19.2. The van der Waals surface area contributed by atoms with E-state index >= 15 is 0 Å². The minimum absolute atomic E-state index is 0.144. The Morgan fingerprint density at radius 2 is 1.67 bits per heavy atom. The molecule has 3 heteroatoms. The lowest BCUT2D eigenvalue weighted by atomic mass is 9.65. The summed E-state index contributed by atoms with van der Waals surface area (Å²) in [6, 6.07) is 4.16. The molecular formula is C24H36F2O. The molecule has 2 saturated carbocycles. The third kappa shape index (κ3) is 4.72. The van der Waals surface area contributed by atoms with Crippen molar-refractivity contribution in [2.45, 2.75) is 90.1 Å². The second-order valence-corrected chi connectivity index (χ2v) is 9.25. The third-order valence-corrected chi connectivity index (χ3v) is 7.65. The van der Waals surface area contributed by atoms with E-state index in [0.29, 0.717) is 24.7 Å². The Balaban J connectivity index is 1.54. The molecule has 2 aliphatic carbocycles. The summed E-state index contributed by atoms with van der Waals surface area (Å²) in [7, 11) is 0. The molecule has 3 rings (SSSR count). The Hall–Kier alpha value is -0.960. The molecule has 2 fully saturated rings. The summed E-state index contributed by atoms with van der Waals surface area (Å²) in [4.78, 5) is 0. The fraction of sp³-hybridized carbons (Fsp3) is 0.750. The van der Waals surface area contributed by atoms with Crippen LogP contribution in [0.15, 0.2) is 18.2 Å². The molecule has 1 nitrogen and oxygen atoms in total. The fourth-order valence-corrected chi connectivity index (χ4v) is 5.66. The van der Waals surface area contributed by atoms with Gasteiger partial charge in [-0.3, -0.25) is 0 Å². The van der Waals surface area contributed by atoms with Crippen molar-refractivity contribution in [1.82, 2.24) is 0 Å². The summed E-state index contributed by atoms with van der Waals surface area (Å²) in [5.74, 6) is 1.25. The Bertz CT molecular complexity index is 598. The molecule has 152 valence electrons. The minimum Gasteiger partial charge on any atom is -0.385 e. The maximum atomic E-state index is 14.2. The van der Waals surface area contributed by atoms with Crippen LogP contribution in [0.1, 0.15) is 90.0 Å². The van der Waals surface area contributed by atoms with E-state index in [2.05, 4.69) is 13.8 Å². The highest BCUT2D eigenvalue weighted by molar-refractivity contribution is 5.26. The Labute approximate surface area is 163 Å². The first kappa shape index (κ1) is 20.8. The normalized spacial score (nSPS) is 33.0. The number of hydrogen-bond acceptors (Lipinski definition) is 1. The number of rotatable bonds is 6. The van der Waals surface area contributed by atoms with Crippen LogP contribution < -0.4 is 0 Å². The first-order chi connectivity index (χ1) is 12.9. The summed E-state index contributed by atoms with van der Waals surface area (Å²) < 4.78 is 27.7. The van der Waals surface area contributed by atoms with Crippen molar-refractivity contribution in [3.8, 4) is 0 Å². The van der Waals surface area contributed by atoms with Gasteiger partial charge in [0.25, 0.3) is 0 Å². The lowest BCUT2D eigenvalue weighted by molar-refractivity contribution is -0.0303. The van der Waals surface area contributed by atoms with Gasteiger partial charge in [-0.05, 0) is 68.3 Å². The van der Waals surface area contributed by atoms with E-state index in [9.17, 15) is 13.9 Å². The van der Waals surface area contributed by atoms with E-state index < -0.39 is 17.2 Å². The summed E-state index contributed by atoms with van der Waals surface area (Å²) in [6.45, 7) is 4.66. The molecule has 1 aromatic rings. The molecule has 0 aliphatic heterocycles. The summed E-state index contributed by atoms with van der Waals surface area (Å²) in [5, 5.41) is 11.0. The van der Waals surface area contributed by atoms with Crippen molar-refractivity contribution in [2.75, 3.05) is 0 Å². The van der Waals surface area contributed by atoms with Crippen LogP contribution >= 0.6 is 0 Å². The SMILES string of the molecule is CCCCC1CCC(C(C)C2CCC(O)(c3cccc(F)c3F)CC2)CC1. The van der Waals surface area contributed by atoms with Gasteiger partial charge in [-0.25, -0.2) is 8.78 Å². The standard InChI is InChI=1S/C24H36F2O/c1-3-4-6-18-9-11-19(12-10-18)17(2)20-13-15-24(27,16-14-20)21-7-5-8-22(25)23(21)26/h5,7-8,17-20,27H,3-4,6,9-16H2,1-2H3. The number of hydrogen-bond donors (Lipinski definition) is 1. The molecule has 1 unspecified atom stereocenters. The first-order valence-corrected chi connectivity index (χ1v) is 11.1. The van der Waals surface area contributed by atoms with Crippen LogP contribution in [-0.4, -0.2) is 5.11 Å². The highest BCUT2D eigenvalue weighted by Gasteiger charge is 2.40. The molecule has 2 aliphatic rings. The Morgan fingerprint density at radius 3 is 2.30 bits per heavy atom. The number of aliphatic hydroxyl groups is 1. The molecule has 0 amide bonds. The molecule has 0 saturated heterocycles. The predicted octanol–water partition coefficient (Wildman–Crippen LogP) is 6.98. The predicted molar refractivity (Wildman–Crippen MR) is 106 cm³/mol. The van der Waals surface area contributed by atoms with E-state index in [1.165, 1.54) is 51.0 Å². The van der Waals surface area contributed by atoms with Gasteiger partial charge in [-0.15, -0.1) is 0 Å². The molecule has 27 heavy (non-hydrogen) atoms. The highest BCUT2D eigenvalue weighted by Crippen LogP contribution is 2.46. The zero-order valence-electron chi connectivity index (χ0n) is 17.0. The van der Waals surface area contributed by atoms with Gasteiger partial charge in [0.1, 0.15) is 0 Å². The molecule has 0 aromatic heterocycles. The van der Waals surface area contributed by atoms with E-state index in [1.54, 1.807) is 6.07 Å². The van der Waals surface area contributed by atoms with Crippen molar-refractivity contribution >= 4 is 0 Å². The van der Waals surface area contributed by atoms with Gasteiger partial charge in [0.15, 0.2) is 11.6 Å². The second-order valence-electron chi connectivity index (χ2n) is 9.25. The van der Waals surface area contributed by atoms with Crippen molar-refractivity contribution in [1.29, 1.82) is 0 Å². The van der Waals surface area contributed by atoms with Crippen LogP contribution in [0.4, 0.5) is 8.78 Å². The molecule has 0 heterocycles. The van der Waals surface area contributed by atoms with Crippen molar-refractivity contribution < 1.29 is 13.9 Å². The van der Waals surface area contributed by atoms with Gasteiger partial charge < -0.3 is 5.11 Å². The largest absolute Gasteiger partial charge is 0.385 e. The quantitative estimate of drug-likeness (QED) is 0.566. The first-order valence-electron chi connectivity index (χ1n) is 11.1. The van der Waals surface area contributed by atoms with E-state index in [4.69, 9.17) is 0 Å². The van der Waals surface area contributed by atoms with Crippen LogP contribution in [0.3, 0.4) is 0 Å². The third-order valence-electron chi connectivity index (χ3n) is 7.65. The lowest BCUT2D eigenvalue weighted by Crippen LogP contribution is -2.36. The maximum Gasteiger partial charge on any atom is 0.164 e. The average Bonchev–Trinajstić information content (AvgIpc) is 2.69. The monoisotopic (exact) mass is 378 g/mol. The molecule has 0 spiro atoms. The van der Waals surface area contributed by atoms with Crippen molar-refractivity contribution in [2.24, 2.45) is 23.7 Å². The van der Waals surface area contributed by atoms with Crippen LogP contribution in [0.5, 0.6) is 0 Å². The smallest absolute Gasteiger partial charge is 0.164 e. The molecular weight excluding hydrogens is 342 g/mol. The molecule has 0 bridgehead atoms. The number of halogens is 2. The van der Waals surface area contributed by atoms with Crippen LogP contribution in [0, 0.1) is 35.3 Å². The summed E-state index contributed by atoms with van der Waals surface area (Å²) in [5.41, 5.74) is -1.06. The van der Waals surface area contributed by atoms with Gasteiger partial charge in [0.2, 0.25) is 0 Å². The lowest BCUT2D eigenvalue weighted by Gasteiger charge is -2.42. The fourth-order valence-electron chi connectivity index (χ4n) is 5.66. The topological polar surface area (TPSA) is 20.2 Å². The van der Waals surface area contributed by atoms with Gasteiger partial charge in [0.05, 0.1) is 5.60 Å². The van der Waals surface area contributed by atoms with E-state index in [1.807, 2.05) is 0 Å². The van der Waals surface area contributed by atoms with Gasteiger partial charge in [0, 0.05) is 5.56 Å². The van der Waals surface area contributed by atoms with E-state index in [0.717, 1.165) is 30.7 Å². The van der Waals surface area contributed by atoms with Gasteiger partial charge in [-0.1, -0.05) is 58.1 Å².